The van der Waals surface area contributed by atoms with Crippen LogP contribution in [-0.2, 0) is 10.0 Å². The molecule has 0 aliphatic rings. The van der Waals surface area contributed by atoms with E-state index in [1.807, 2.05) is 35.1 Å². The van der Waals surface area contributed by atoms with E-state index in [0.29, 0.717) is 5.56 Å². The van der Waals surface area contributed by atoms with Crippen LogP contribution < -0.4 is 4.72 Å². The van der Waals surface area contributed by atoms with Gasteiger partial charge in [0.15, 0.2) is 0 Å². The van der Waals surface area contributed by atoms with Crippen molar-refractivity contribution in [3.8, 4) is 11.1 Å². The normalized spacial score (nSPS) is 11.1. The largest absolute Gasteiger partial charge is 0.268 e. The van der Waals surface area contributed by atoms with Crippen molar-refractivity contribution in [2.45, 2.75) is 6.92 Å². The van der Waals surface area contributed by atoms with Crippen LogP contribution in [0.3, 0.4) is 0 Å². The molecule has 0 aliphatic heterocycles. The lowest BCUT2D eigenvalue weighted by molar-refractivity contribution is 0.0981. The summed E-state index contributed by atoms with van der Waals surface area (Å²) in [4.78, 5) is 11.8. The first kappa shape index (κ1) is 14.3. The second-order valence-corrected chi connectivity index (χ2v) is 6.29. The number of carbonyl (C=O) groups is 1. The number of benzene rings is 2. The Kier molecular flexibility index (Phi) is 4.20. The third kappa shape index (κ3) is 3.45. The van der Waals surface area contributed by atoms with Gasteiger partial charge in [0.1, 0.15) is 0 Å². The van der Waals surface area contributed by atoms with E-state index in [2.05, 4.69) is 0 Å². The fourth-order valence-electron chi connectivity index (χ4n) is 1.72. The molecule has 2 aromatic carbocycles. The zero-order valence-electron chi connectivity index (χ0n) is 11.0. The predicted molar refractivity (Wildman–Crippen MR) is 78.8 cm³/mol. The van der Waals surface area contributed by atoms with E-state index in [4.69, 9.17) is 0 Å². The Hall–Kier alpha value is -2.14. The molecule has 2 rings (SSSR count). The van der Waals surface area contributed by atoms with Crippen LogP contribution in [0, 0.1) is 0 Å². The van der Waals surface area contributed by atoms with Gasteiger partial charge in [-0.1, -0.05) is 42.5 Å². The maximum Gasteiger partial charge on any atom is 0.264 e. The van der Waals surface area contributed by atoms with Crippen LogP contribution in [0.15, 0.2) is 54.6 Å². The second-order valence-electron chi connectivity index (χ2n) is 4.28. The lowest BCUT2D eigenvalue weighted by atomic mass is 10.0. The number of hydrogen-bond donors (Lipinski definition) is 1. The Balaban J connectivity index is 2.19. The van der Waals surface area contributed by atoms with Gasteiger partial charge in [-0.25, -0.2) is 13.1 Å². The van der Waals surface area contributed by atoms with Gasteiger partial charge in [0.05, 0.1) is 5.75 Å². The molecule has 1 N–H and O–H groups in total. The van der Waals surface area contributed by atoms with E-state index in [1.165, 1.54) is 6.92 Å². The van der Waals surface area contributed by atoms with E-state index >= 15 is 0 Å². The molecule has 0 spiro atoms. The summed E-state index contributed by atoms with van der Waals surface area (Å²) in [6.07, 6.45) is 0. The quantitative estimate of drug-likeness (QED) is 0.940. The number of sulfonamides is 1. The molecule has 20 heavy (non-hydrogen) atoms. The van der Waals surface area contributed by atoms with E-state index in [0.717, 1.165) is 11.1 Å². The molecule has 0 aromatic heterocycles. The zero-order chi connectivity index (χ0) is 14.6. The predicted octanol–water partition coefficient (Wildman–Crippen LogP) is 2.43. The summed E-state index contributed by atoms with van der Waals surface area (Å²) in [5.41, 5.74) is 2.34. The third-order valence-electron chi connectivity index (χ3n) is 2.88. The number of carbonyl (C=O) groups excluding carboxylic acids is 1. The minimum absolute atomic E-state index is 0.124. The fraction of sp³-hybridized carbons (Fsp3) is 0.133. The summed E-state index contributed by atoms with van der Waals surface area (Å²) >= 11 is 0. The van der Waals surface area contributed by atoms with Gasteiger partial charge in [-0.3, -0.25) is 4.79 Å². The van der Waals surface area contributed by atoms with Crippen LogP contribution in [0.2, 0.25) is 0 Å². The molecule has 2 aromatic rings. The SMILES string of the molecule is CCS(=O)(=O)NC(=O)c1ccc(-c2ccccc2)cc1. The number of hydrogen-bond acceptors (Lipinski definition) is 3. The van der Waals surface area contributed by atoms with Crippen LogP contribution >= 0.6 is 0 Å². The molecule has 0 saturated heterocycles. The molecule has 5 heteroatoms. The standard InChI is InChI=1S/C15H15NO3S/c1-2-20(18,19)16-15(17)14-10-8-13(9-11-14)12-6-4-3-5-7-12/h3-11H,2H2,1H3,(H,16,17). The maximum absolute atomic E-state index is 11.8. The summed E-state index contributed by atoms with van der Waals surface area (Å²) in [5, 5.41) is 0. The summed E-state index contributed by atoms with van der Waals surface area (Å²) < 4.78 is 24.7. The first-order valence-corrected chi connectivity index (χ1v) is 7.87. The fourth-order valence-corrected chi connectivity index (χ4v) is 2.26. The molecule has 0 fully saturated rings. The van der Waals surface area contributed by atoms with Crippen molar-refractivity contribution < 1.29 is 13.2 Å². The van der Waals surface area contributed by atoms with Gasteiger partial charge in [0, 0.05) is 5.56 Å². The molecule has 0 heterocycles. The van der Waals surface area contributed by atoms with Crippen LogP contribution in [-0.4, -0.2) is 20.1 Å². The first-order chi connectivity index (χ1) is 9.52. The highest BCUT2D eigenvalue weighted by Gasteiger charge is 2.13. The minimum Gasteiger partial charge on any atom is -0.268 e. The molecule has 0 radical (unpaired) electrons. The Morgan fingerprint density at radius 2 is 1.50 bits per heavy atom. The van der Waals surface area contributed by atoms with Gasteiger partial charge in [-0.2, -0.15) is 0 Å². The molecule has 4 nitrogen and oxygen atoms in total. The van der Waals surface area contributed by atoms with Crippen LogP contribution in [0.25, 0.3) is 11.1 Å². The van der Waals surface area contributed by atoms with Crippen molar-refractivity contribution in [2.75, 3.05) is 5.75 Å². The monoisotopic (exact) mass is 289 g/mol. The summed E-state index contributed by atoms with van der Waals surface area (Å²) in [6, 6.07) is 16.6. The smallest absolute Gasteiger partial charge is 0.264 e. The van der Waals surface area contributed by atoms with Crippen LogP contribution in [0.1, 0.15) is 17.3 Å². The average Bonchev–Trinajstić information content (AvgIpc) is 2.48. The average molecular weight is 289 g/mol. The molecule has 104 valence electrons. The van der Waals surface area contributed by atoms with E-state index in [9.17, 15) is 13.2 Å². The Bertz CT molecular complexity index is 692. The molecule has 0 bridgehead atoms. The van der Waals surface area contributed by atoms with Gasteiger partial charge in [0.25, 0.3) is 5.91 Å². The molecule has 0 aliphatic carbocycles. The summed E-state index contributed by atoms with van der Waals surface area (Å²) in [6.45, 7) is 1.48. The van der Waals surface area contributed by atoms with Gasteiger partial charge >= 0.3 is 0 Å². The van der Waals surface area contributed by atoms with Crippen molar-refractivity contribution in [3.63, 3.8) is 0 Å². The highest BCUT2D eigenvalue weighted by molar-refractivity contribution is 7.90. The van der Waals surface area contributed by atoms with Crippen LogP contribution in [0.4, 0.5) is 0 Å². The topological polar surface area (TPSA) is 63.2 Å². The zero-order valence-corrected chi connectivity index (χ0v) is 11.9. The van der Waals surface area contributed by atoms with E-state index < -0.39 is 15.9 Å². The van der Waals surface area contributed by atoms with Crippen molar-refractivity contribution in [1.29, 1.82) is 0 Å². The van der Waals surface area contributed by atoms with Crippen molar-refractivity contribution in [3.05, 3.63) is 60.2 Å². The lowest BCUT2D eigenvalue weighted by Crippen LogP contribution is -2.31. The Morgan fingerprint density at radius 1 is 0.950 bits per heavy atom. The number of rotatable bonds is 4. The van der Waals surface area contributed by atoms with Crippen molar-refractivity contribution in [2.24, 2.45) is 0 Å². The molecular weight excluding hydrogens is 274 g/mol. The van der Waals surface area contributed by atoms with Crippen molar-refractivity contribution >= 4 is 15.9 Å². The third-order valence-corrected chi connectivity index (χ3v) is 4.14. The van der Waals surface area contributed by atoms with E-state index in [-0.39, 0.29) is 5.75 Å². The molecule has 1 amide bonds. The maximum atomic E-state index is 11.8. The van der Waals surface area contributed by atoms with Gasteiger partial charge in [0.2, 0.25) is 10.0 Å². The van der Waals surface area contributed by atoms with Gasteiger partial charge < -0.3 is 0 Å². The lowest BCUT2D eigenvalue weighted by Gasteiger charge is -2.06. The van der Waals surface area contributed by atoms with Gasteiger partial charge in [-0.15, -0.1) is 0 Å². The second kappa shape index (κ2) is 5.88. The summed E-state index contributed by atoms with van der Waals surface area (Å²) in [7, 11) is -3.53. The van der Waals surface area contributed by atoms with Crippen molar-refractivity contribution in [1.82, 2.24) is 4.72 Å². The molecule has 0 unspecified atom stereocenters. The Labute approximate surface area is 118 Å². The number of nitrogens with one attached hydrogen (secondary N) is 1. The summed E-state index contributed by atoms with van der Waals surface area (Å²) in [5.74, 6) is -0.729. The number of amides is 1. The molecule has 0 atom stereocenters. The molecule has 0 saturated carbocycles. The van der Waals surface area contributed by atoms with Gasteiger partial charge in [-0.05, 0) is 30.2 Å². The highest BCUT2D eigenvalue weighted by Crippen LogP contribution is 2.19. The highest BCUT2D eigenvalue weighted by atomic mass is 32.2. The molecular formula is C15H15NO3S. The minimum atomic E-state index is -3.53. The first-order valence-electron chi connectivity index (χ1n) is 6.22. The van der Waals surface area contributed by atoms with Crippen LogP contribution in [0.5, 0.6) is 0 Å². The Morgan fingerprint density at radius 3 is 2.05 bits per heavy atom. The van der Waals surface area contributed by atoms with E-state index in [1.54, 1.807) is 24.3 Å².